The molecule has 0 spiro atoms. The summed E-state index contributed by atoms with van der Waals surface area (Å²) < 4.78 is 29.7. The topological polar surface area (TPSA) is 389 Å². The summed E-state index contributed by atoms with van der Waals surface area (Å²) in [5, 5.41) is 54.4. The second kappa shape index (κ2) is 32.6. The summed E-state index contributed by atoms with van der Waals surface area (Å²) in [5.41, 5.74) is 15.3. The average Bonchev–Trinajstić information content (AvgIpc) is 0.793. The van der Waals surface area contributed by atoms with E-state index in [-0.39, 0.29) is 79.7 Å². The molecule has 2 bridgehead atoms. The highest BCUT2D eigenvalue weighted by molar-refractivity contribution is 6.39. The number of piperidine rings is 1. The number of hydrogen-bond acceptors (Lipinski definition) is 22. The third-order valence-corrected chi connectivity index (χ3v) is 17.6. The number of aliphatic hydroxyl groups is 3. The van der Waals surface area contributed by atoms with Gasteiger partial charge < -0.3 is 75.8 Å². The van der Waals surface area contributed by atoms with Gasteiger partial charge >= 0.3 is 17.9 Å². The number of hydrogen-bond donors (Lipinski definition) is 8. The number of carbonyl (C=O) groups is 7. The normalized spacial score (nSPS) is 30.2. The molecule has 26 nitrogen and oxygen atoms in total. The summed E-state index contributed by atoms with van der Waals surface area (Å²) >= 11 is 0. The van der Waals surface area contributed by atoms with Crippen LogP contribution in [0.25, 0.3) is 11.2 Å². The number of nitrogens with one attached hydrogen (secondary N) is 1. The van der Waals surface area contributed by atoms with E-state index in [0.717, 1.165) is 11.3 Å². The molecular weight excluding hydrogens is 1170 g/mol. The molecule has 1 saturated carbocycles. The first-order valence-electron chi connectivity index (χ1n) is 30.6. The van der Waals surface area contributed by atoms with Crippen molar-refractivity contribution in [2.24, 2.45) is 29.6 Å². The maximum absolute atomic E-state index is 14.3. The van der Waals surface area contributed by atoms with E-state index >= 15 is 0 Å². The maximum Gasteiger partial charge on any atom is 0.329 e. The number of ether oxygens (including phenoxy) is 5. The zero-order valence-corrected chi connectivity index (χ0v) is 53.0. The SMILES string of the molecule is C=CC[C@@H]1/C=C(\C)C[C@H](C)C[C@H](OC)[C@H]2O[C@@](O)(C(=O)C(=O)N3CCCC[C@H]3C(=O)O[C@H](/C(C)=C/[C@@H]3CC[C@@H](O)[C@H](OC)C3)[C@H](C)[C@@H](O)CC1=O)[C@H](C)C[C@@H]2OC.CN(Cc1cnc2nc(N)nc(N)c2n1)c1ccc(C(=O)N[C@@H](CCC(=O)O)C(=O)O)cc1. The molecule has 26 heteroatoms. The molecule has 5 heterocycles. The number of anilines is 3. The number of carboxylic acid groups (broad SMARTS) is 2. The van der Waals surface area contributed by atoms with Crippen molar-refractivity contribution in [3.05, 3.63) is 77.7 Å². The van der Waals surface area contributed by atoms with E-state index < -0.39 is 108 Å². The van der Waals surface area contributed by atoms with Gasteiger partial charge in [-0.1, -0.05) is 44.6 Å². The first-order chi connectivity index (χ1) is 42.6. The van der Waals surface area contributed by atoms with Crippen molar-refractivity contribution in [2.75, 3.05) is 51.3 Å². The lowest BCUT2D eigenvalue weighted by Gasteiger charge is -2.47. The molecule has 4 aliphatic rings. The Labute approximate surface area is 524 Å². The fourth-order valence-corrected chi connectivity index (χ4v) is 12.5. The van der Waals surface area contributed by atoms with Crippen molar-refractivity contribution in [1.29, 1.82) is 0 Å². The van der Waals surface area contributed by atoms with Crippen LogP contribution in [-0.4, -0.2) is 187 Å². The zero-order chi connectivity index (χ0) is 66.3. The van der Waals surface area contributed by atoms with Gasteiger partial charge in [0.15, 0.2) is 17.0 Å². The molecule has 15 atom stereocenters. The minimum Gasteiger partial charge on any atom is -0.481 e. The Hall–Kier alpha value is -7.33. The molecule has 3 aliphatic heterocycles. The standard InChI is InChI=1S/C44H69NO12.C20H22N8O5/c1-10-13-31-19-25(2)18-26(3)20-37(54-8)40-38(55-9)22-28(5)44(52,57-40)41(49)42(50)45-17-12-11-14-32(45)43(51)56-39(29(6)34(47)24-35(31)48)27(4)21-30-15-16-33(46)36(23-30)53-7;1-28(9-11-8-23-17-15(24-11)16(21)26-20(22)27-17)12-4-2-10(3-5-12)18(31)25-13(19(32)33)6-7-14(29)30/h10,19,21,26,28-34,36-40,46-47,52H,1,11-18,20,22-24H2,2-9H3;2-5,8,13H,6-7,9H2,1H3,(H,25,31)(H,29,30)(H,32,33)(H4,21,22,23,26,27)/b25-19+,27-21+;/t26-,28+,29+,30-,31+,32-,33+,34-,36+,37-,38-,39+,40+,44+;13-/m00/s1. The van der Waals surface area contributed by atoms with Crippen LogP contribution < -0.4 is 21.7 Å². The number of aliphatic hydroxyl groups excluding tert-OH is 2. The van der Waals surface area contributed by atoms with E-state index in [2.05, 4.69) is 31.8 Å². The van der Waals surface area contributed by atoms with Gasteiger partial charge in [-0.25, -0.2) is 19.6 Å². The molecule has 1 aliphatic carbocycles. The second-order valence-electron chi connectivity index (χ2n) is 24.5. The molecular formula is C64H91N9O17. The smallest absolute Gasteiger partial charge is 0.329 e. The minimum atomic E-state index is -2.51. The number of methoxy groups -OCH3 is 3. The molecule has 90 heavy (non-hydrogen) atoms. The van der Waals surface area contributed by atoms with Crippen LogP contribution in [0.4, 0.5) is 17.5 Å². The summed E-state index contributed by atoms with van der Waals surface area (Å²) in [4.78, 5) is 111. The quantitative estimate of drug-likeness (QED) is 0.0536. The lowest BCUT2D eigenvalue weighted by Crippen LogP contribution is -2.64. The Morgan fingerprint density at radius 2 is 1.59 bits per heavy atom. The molecule has 2 aromatic heterocycles. The molecule has 7 rings (SSSR count). The number of carboxylic acids is 2. The van der Waals surface area contributed by atoms with Gasteiger partial charge in [0.25, 0.3) is 17.6 Å². The van der Waals surface area contributed by atoms with Crippen molar-refractivity contribution in [3.63, 3.8) is 0 Å². The number of fused-ring (bicyclic) bond motifs is 4. The van der Waals surface area contributed by atoms with Crippen molar-refractivity contribution in [3.8, 4) is 0 Å². The first kappa shape index (κ1) is 71.7. The molecule has 3 fully saturated rings. The second-order valence-corrected chi connectivity index (χ2v) is 24.5. The van der Waals surface area contributed by atoms with E-state index in [1.54, 1.807) is 45.4 Å². The summed E-state index contributed by atoms with van der Waals surface area (Å²) in [6.07, 6.45) is 5.89. The monoisotopic (exact) mass is 1260 g/mol. The Kier molecular flexibility index (Phi) is 26.0. The van der Waals surface area contributed by atoms with Gasteiger partial charge in [-0.2, -0.15) is 9.97 Å². The highest BCUT2D eigenvalue weighted by Gasteiger charge is 2.57. The Morgan fingerprint density at radius 3 is 2.23 bits per heavy atom. The number of cyclic esters (lactones) is 1. The highest BCUT2D eigenvalue weighted by atomic mass is 16.7. The van der Waals surface area contributed by atoms with Gasteiger partial charge in [0.1, 0.15) is 30.1 Å². The molecule has 1 aromatic carbocycles. The molecule has 2 saturated heterocycles. The number of aromatic nitrogens is 4. The molecule has 10 N–H and O–H groups in total. The fraction of sp³-hybridized carbons (Fsp3) is 0.609. The minimum absolute atomic E-state index is 0.00988. The zero-order valence-electron chi connectivity index (χ0n) is 53.0. The number of aliphatic carboxylic acids is 2. The van der Waals surface area contributed by atoms with E-state index in [4.69, 9.17) is 40.3 Å². The van der Waals surface area contributed by atoms with Crippen LogP contribution in [-0.2, 0) is 59.0 Å². The van der Waals surface area contributed by atoms with Crippen LogP contribution in [0.3, 0.4) is 0 Å². The van der Waals surface area contributed by atoms with Crippen molar-refractivity contribution in [1.82, 2.24) is 30.2 Å². The molecule has 494 valence electrons. The van der Waals surface area contributed by atoms with Crippen LogP contribution in [0.1, 0.15) is 134 Å². The summed E-state index contributed by atoms with van der Waals surface area (Å²) in [7, 11) is 6.43. The van der Waals surface area contributed by atoms with Crippen LogP contribution in [0.2, 0.25) is 0 Å². The Morgan fingerprint density at radius 1 is 0.911 bits per heavy atom. The highest BCUT2D eigenvalue weighted by Crippen LogP contribution is 2.40. The average molecular weight is 1260 g/mol. The molecule has 2 amide bonds. The number of nitrogen functional groups attached to an aromatic ring is 2. The molecule has 0 unspecified atom stereocenters. The van der Waals surface area contributed by atoms with Crippen molar-refractivity contribution in [2.45, 2.75) is 185 Å². The van der Waals surface area contributed by atoms with Gasteiger partial charge in [0, 0.05) is 76.8 Å². The summed E-state index contributed by atoms with van der Waals surface area (Å²) in [6, 6.07) is 4.02. The number of nitrogens with zero attached hydrogens (tertiary/aromatic N) is 6. The predicted molar refractivity (Wildman–Crippen MR) is 331 cm³/mol. The Bertz CT molecular complexity index is 3090. The van der Waals surface area contributed by atoms with Crippen LogP contribution in [0, 0.1) is 29.6 Å². The number of nitrogens with two attached hydrogens (primary N) is 2. The van der Waals surface area contributed by atoms with Gasteiger partial charge in [-0.05, 0) is 126 Å². The number of rotatable bonds is 16. The van der Waals surface area contributed by atoms with Crippen LogP contribution >= 0.6 is 0 Å². The number of Topliss-reactive ketones (excluding diaryl/α,β-unsaturated/α-hetero) is 2. The fourth-order valence-electron chi connectivity index (χ4n) is 12.5. The number of ketones is 2. The number of esters is 1. The summed E-state index contributed by atoms with van der Waals surface area (Å²) in [6.45, 7) is 13.5. The Balaban J connectivity index is 0.000000330. The third kappa shape index (κ3) is 18.4. The maximum atomic E-state index is 14.3. The van der Waals surface area contributed by atoms with E-state index in [1.165, 1.54) is 31.3 Å². The van der Waals surface area contributed by atoms with Gasteiger partial charge in [0.2, 0.25) is 11.7 Å². The van der Waals surface area contributed by atoms with Gasteiger partial charge in [-0.3, -0.25) is 24.0 Å². The predicted octanol–water partition coefficient (Wildman–Crippen LogP) is 4.91. The largest absolute Gasteiger partial charge is 0.481 e. The van der Waals surface area contributed by atoms with Crippen molar-refractivity contribution < 1.29 is 82.8 Å². The number of benzene rings is 1. The van der Waals surface area contributed by atoms with Crippen LogP contribution in [0.5, 0.6) is 0 Å². The number of amides is 2. The lowest BCUT2D eigenvalue weighted by molar-refractivity contribution is -0.302. The van der Waals surface area contributed by atoms with E-state index in [1.807, 2.05) is 44.9 Å². The van der Waals surface area contributed by atoms with E-state index in [0.29, 0.717) is 80.3 Å². The third-order valence-electron chi connectivity index (χ3n) is 17.6. The molecule has 0 radical (unpaired) electrons. The first-order valence-corrected chi connectivity index (χ1v) is 30.6. The molecule has 3 aromatic rings. The lowest BCUT2D eigenvalue weighted by atomic mass is 9.81. The van der Waals surface area contributed by atoms with E-state index in [9.17, 15) is 54.0 Å². The van der Waals surface area contributed by atoms with Crippen molar-refractivity contribution >= 4 is 69.9 Å². The van der Waals surface area contributed by atoms with Gasteiger partial charge in [0.05, 0.1) is 49.0 Å². The summed E-state index contributed by atoms with van der Waals surface area (Å²) in [5.74, 6) is -10.7. The number of allylic oxidation sites excluding steroid dienone is 4. The number of carbonyl (C=O) groups excluding carboxylic acids is 5. The van der Waals surface area contributed by atoms with Crippen LogP contribution in [0.15, 0.2) is 66.4 Å². The van der Waals surface area contributed by atoms with Gasteiger partial charge in [-0.15, -0.1) is 6.58 Å².